The maximum absolute atomic E-state index is 12.3. The van der Waals surface area contributed by atoms with Gasteiger partial charge in [-0.05, 0) is 44.0 Å². The fourth-order valence-electron chi connectivity index (χ4n) is 2.29. The van der Waals surface area contributed by atoms with Gasteiger partial charge in [0, 0.05) is 18.4 Å². The molecule has 1 amide bonds. The molecule has 2 rings (SSSR count). The summed E-state index contributed by atoms with van der Waals surface area (Å²) >= 11 is 0. The van der Waals surface area contributed by atoms with Crippen molar-refractivity contribution in [3.05, 3.63) is 59.4 Å². The van der Waals surface area contributed by atoms with Gasteiger partial charge in [-0.1, -0.05) is 24.3 Å². The van der Waals surface area contributed by atoms with E-state index < -0.39 is 0 Å². The Morgan fingerprint density at radius 2 is 2.05 bits per heavy atom. The quantitative estimate of drug-likeness (QED) is 0.885. The molecule has 0 fully saturated rings. The Morgan fingerprint density at radius 1 is 1.29 bits per heavy atom. The van der Waals surface area contributed by atoms with Gasteiger partial charge >= 0.3 is 0 Å². The zero-order valence-corrected chi connectivity index (χ0v) is 12.7. The highest BCUT2D eigenvalue weighted by molar-refractivity contribution is 5.93. The van der Waals surface area contributed by atoms with Gasteiger partial charge in [0.1, 0.15) is 5.69 Å². The molecule has 0 saturated heterocycles. The molecule has 0 aliphatic rings. The number of aryl methyl sites for hydroxylation is 1. The lowest BCUT2D eigenvalue weighted by Crippen LogP contribution is -2.27. The van der Waals surface area contributed by atoms with E-state index in [2.05, 4.69) is 15.6 Å². The third-order valence-electron chi connectivity index (χ3n) is 3.38. The third-order valence-corrected chi connectivity index (χ3v) is 3.38. The summed E-state index contributed by atoms with van der Waals surface area (Å²) < 4.78 is 0. The van der Waals surface area contributed by atoms with Crippen LogP contribution in [0.3, 0.4) is 0 Å². The van der Waals surface area contributed by atoms with Gasteiger partial charge in [0.05, 0.1) is 6.04 Å². The minimum absolute atomic E-state index is 0.0525. The van der Waals surface area contributed by atoms with Crippen LogP contribution in [-0.4, -0.2) is 17.4 Å². The molecule has 0 saturated carbocycles. The lowest BCUT2D eigenvalue weighted by atomic mass is 10.0. The first-order valence-electron chi connectivity index (χ1n) is 7.18. The number of hydrogen-bond acceptors (Lipinski definition) is 3. The molecular formula is C17H21N3O. The van der Waals surface area contributed by atoms with Crippen molar-refractivity contribution in [1.29, 1.82) is 0 Å². The van der Waals surface area contributed by atoms with Crippen molar-refractivity contribution in [3.8, 4) is 0 Å². The van der Waals surface area contributed by atoms with Gasteiger partial charge in [-0.15, -0.1) is 0 Å². The van der Waals surface area contributed by atoms with E-state index >= 15 is 0 Å². The average Bonchev–Trinajstić information content (AvgIpc) is 2.48. The monoisotopic (exact) mass is 283 g/mol. The van der Waals surface area contributed by atoms with Crippen LogP contribution in [0.15, 0.2) is 42.6 Å². The van der Waals surface area contributed by atoms with Crippen LogP contribution in [0.2, 0.25) is 0 Å². The van der Waals surface area contributed by atoms with Gasteiger partial charge in [0.15, 0.2) is 0 Å². The molecule has 2 aromatic rings. The van der Waals surface area contributed by atoms with Gasteiger partial charge < -0.3 is 10.6 Å². The SMILES string of the molecule is CCNc1ccnc(C(=O)NC(C)c2ccccc2C)c1. The minimum atomic E-state index is -0.162. The van der Waals surface area contributed by atoms with E-state index in [4.69, 9.17) is 0 Å². The normalized spacial score (nSPS) is 11.8. The van der Waals surface area contributed by atoms with Crippen LogP contribution in [-0.2, 0) is 0 Å². The Balaban J connectivity index is 2.11. The summed E-state index contributed by atoms with van der Waals surface area (Å²) in [5.74, 6) is -0.162. The summed E-state index contributed by atoms with van der Waals surface area (Å²) in [6.45, 7) is 6.85. The van der Waals surface area contributed by atoms with Crippen LogP contribution >= 0.6 is 0 Å². The Bertz CT molecular complexity index is 625. The van der Waals surface area contributed by atoms with Crippen LogP contribution < -0.4 is 10.6 Å². The zero-order valence-electron chi connectivity index (χ0n) is 12.7. The summed E-state index contributed by atoms with van der Waals surface area (Å²) in [5.41, 5.74) is 3.61. The smallest absolute Gasteiger partial charge is 0.270 e. The molecule has 1 unspecified atom stereocenters. The number of amides is 1. The Morgan fingerprint density at radius 3 is 2.76 bits per heavy atom. The van der Waals surface area contributed by atoms with Crippen LogP contribution in [0.4, 0.5) is 5.69 Å². The Kier molecular flexibility index (Phi) is 4.93. The predicted molar refractivity (Wildman–Crippen MR) is 85.5 cm³/mol. The Hall–Kier alpha value is -2.36. The molecule has 1 heterocycles. The molecule has 110 valence electrons. The number of nitrogens with one attached hydrogen (secondary N) is 2. The van der Waals surface area contributed by atoms with Crippen LogP contribution in [0.1, 0.15) is 41.5 Å². The zero-order chi connectivity index (χ0) is 15.2. The van der Waals surface area contributed by atoms with Crippen molar-refractivity contribution in [2.75, 3.05) is 11.9 Å². The standard InChI is InChI=1S/C17H21N3O/c1-4-18-14-9-10-19-16(11-14)17(21)20-13(3)15-8-6-5-7-12(15)2/h5-11,13H,4H2,1-3H3,(H,18,19)(H,20,21). The predicted octanol–water partition coefficient (Wildman–Crippen LogP) is 3.31. The van der Waals surface area contributed by atoms with Gasteiger partial charge in [0.25, 0.3) is 5.91 Å². The van der Waals surface area contributed by atoms with Crippen molar-refractivity contribution in [3.63, 3.8) is 0 Å². The first kappa shape index (κ1) is 15.0. The number of benzene rings is 1. The molecule has 0 spiro atoms. The van der Waals surface area contributed by atoms with E-state index in [1.807, 2.05) is 51.1 Å². The van der Waals surface area contributed by atoms with Crippen molar-refractivity contribution in [2.45, 2.75) is 26.8 Å². The van der Waals surface area contributed by atoms with E-state index in [1.54, 1.807) is 12.3 Å². The highest BCUT2D eigenvalue weighted by Crippen LogP contribution is 2.17. The first-order chi connectivity index (χ1) is 10.1. The summed E-state index contributed by atoms with van der Waals surface area (Å²) in [7, 11) is 0. The van der Waals surface area contributed by atoms with Crippen LogP contribution in [0.5, 0.6) is 0 Å². The molecule has 0 aliphatic carbocycles. The number of pyridine rings is 1. The lowest BCUT2D eigenvalue weighted by molar-refractivity contribution is 0.0935. The molecule has 4 heteroatoms. The van der Waals surface area contributed by atoms with Crippen molar-refractivity contribution < 1.29 is 4.79 Å². The van der Waals surface area contributed by atoms with Crippen LogP contribution in [0, 0.1) is 6.92 Å². The van der Waals surface area contributed by atoms with Crippen molar-refractivity contribution >= 4 is 11.6 Å². The molecule has 0 bridgehead atoms. The summed E-state index contributed by atoms with van der Waals surface area (Å²) in [4.78, 5) is 16.4. The maximum Gasteiger partial charge on any atom is 0.270 e. The molecule has 0 radical (unpaired) electrons. The van der Waals surface area contributed by atoms with E-state index in [9.17, 15) is 4.79 Å². The Labute approximate surface area is 125 Å². The first-order valence-corrected chi connectivity index (χ1v) is 7.18. The number of anilines is 1. The number of hydrogen-bond donors (Lipinski definition) is 2. The van der Waals surface area contributed by atoms with E-state index in [0.717, 1.165) is 17.8 Å². The molecule has 1 aromatic heterocycles. The van der Waals surface area contributed by atoms with E-state index in [1.165, 1.54) is 5.56 Å². The fourth-order valence-corrected chi connectivity index (χ4v) is 2.29. The second-order valence-electron chi connectivity index (χ2n) is 5.01. The number of carbonyl (C=O) groups is 1. The van der Waals surface area contributed by atoms with Gasteiger partial charge in [-0.25, -0.2) is 0 Å². The second kappa shape index (κ2) is 6.88. The topological polar surface area (TPSA) is 54.0 Å². The molecule has 2 N–H and O–H groups in total. The van der Waals surface area contributed by atoms with Crippen molar-refractivity contribution in [2.24, 2.45) is 0 Å². The molecular weight excluding hydrogens is 262 g/mol. The summed E-state index contributed by atoms with van der Waals surface area (Å²) in [6, 6.07) is 11.6. The molecule has 1 aromatic carbocycles. The lowest BCUT2D eigenvalue weighted by Gasteiger charge is -2.16. The summed E-state index contributed by atoms with van der Waals surface area (Å²) in [6.07, 6.45) is 1.64. The number of rotatable bonds is 5. The van der Waals surface area contributed by atoms with Crippen molar-refractivity contribution in [1.82, 2.24) is 10.3 Å². The largest absolute Gasteiger partial charge is 0.385 e. The van der Waals surface area contributed by atoms with Gasteiger partial charge in [-0.2, -0.15) is 0 Å². The summed E-state index contributed by atoms with van der Waals surface area (Å²) in [5, 5.41) is 6.17. The second-order valence-corrected chi connectivity index (χ2v) is 5.01. The number of carbonyl (C=O) groups excluding carboxylic acids is 1. The van der Waals surface area contributed by atoms with Gasteiger partial charge in [-0.3, -0.25) is 9.78 Å². The minimum Gasteiger partial charge on any atom is -0.385 e. The van der Waals surface area contributed by atoms with Gasteiger partial charge in [0.2, 0.25) is 0 Å². The highest BCUT2D eigenvalue weighted by atomic mass is 16.1. The van der Waals surface area contributed by atoms with E-state index in [-0.39, 0.29) is 11.9 Å². The molecule has 0 aliphatic heterocycles. The molecule has 21 heavy (non-hydrogen) atoms. The van der Waals surface area contributed by atoms with Crippen LogP contribution in [0.25, 0.3) is 0 Å². The molecule has 1 atom stereocenters. The third kappa shape index (κ3) is 3.81. The molecule has 4 nitrogen and oxygen atoms in total. The number of aromatic nitrogens is 1. The fraction of sp³-hybridized carbons (Fsp3) is 0.294. The van der Waals surface area contributed by atoms with E-state index in [0.29, 0.717) is 5.69 Å². The maximum atomic E-state index is 12.3. The highest BCUT2D eigenvalue weighted by Gasteiger charge is 2.14. The average molecular weight is 283 g/mol. The number of nitrogens with zero attached hydrogens (tertiary/aromatic N) is 1.